The number of thioether (sulfide) groups is 1. The van der Waals surface area contributed by atoms with Gasteiger partial charge in [0, 0.05) is 34.0 Å². The molecular weight excluding hydrogens is 462 g/mol. The molecule has 0 saturated heterocycles. The summed E-state index contributed by atoms with van der Waals surface area (Å²) < 4.78 is 0. The fourth-order valence-electron chi connectivity index (χ4n) is 3.35. The number of nitrogens with zero attached hydrogens (tertiary/aromatic N) is 1. The number of benzene rings is 4. The highest BCUT2D eigenvalue weighted by molar-refractivity contribution is 8.00. The van der Waals surface area contributed by atoms with Crippen LogP contribution in [0.3, 0.4) is 0 Å². The summed E-state index contributed by atoms with van der Waals surface area (Å²) in [5.41, 5.74) is 2.33. The zero-order valence-corrected chi connectivity index (χ0v) is 19.3. The number of non-ortho nitro benzene ring substituents is 1. The van der Waals surface area contributed by atoms with Crippen LogP contribution in [0.25, 0.3) is 0 Å². The van der Waals surface area contributed by atoms with Crippen LogP contribution in [-0.4, -0.2) is 16.7 Å². The molecule has 35 heavy (non-hydrogen) atoms. The lowest BCUT2D eigenvalue weighted by Crippen LogP contribution is -2.19. The number of nitro benzene ring substituents is 1. The van der Waals surface area contributed by atoms with E-state index in [2.05, 4.69) is 10.6 Å². The van der Waals surface area contributed by atoms with E-state index in [9.17, 15) is 19.7 Å². The number of carbonyl (C=O) groups excluding carboxylic acids is 2. The lowest BCUT2D eigenvalue weighted by molar-refractivity contribution is -0.384. The average molecular weight is 484 g/mol. The predicted molar refractivity (Wildman–Crippen MR) is 138 cm³/mol. The number of para-hydroxylation sites is 1. The molecule has 0 aliphatic heterocycles. The summed E-state index contributed by atoms with van der Waals surface area (Å²) in [6, 6.07) is 31.4. The number of carbonyl (C=O) groups is 2. The fraction of sp³-hybridized carbons (Fsp3) is 0.0370. The van der Waals surface area contributed by atoms with E-state index >= 15 is 0 Å². The molecule has 174 valence electrons. The molecule has 8 heteroatoms. The van der Waals surface area contributed by atoms with E-state index in [1.165, 1.54) is 36.0 Å². The van der Waals surface area contributed by atoms with Crippen LogP contribution in [0.1, 0.15) is 21.2 Å². The zero-order chi connectivity index (χ0) is 24.6. The Kier molecular flexibility index (Phi) is 7.54. The minimum Gasteiger partial charge on any atom is -0.325 e. The Hall–Kier alpha value is -4.43. The monoisotopic (exact) mass is 483 g/mol. The normalized spacial score (nSPS) is 11.3. The maximum atomic E-state index is 13.2. The van der Waals surface area contributed by atoms with Crippen LogP contribution in [-0.2, 0) is 4.79 Å². The Balaban J connectivity index is 1.51. The molecule has 7 nitrogen and oxygen atoms in total. The Morgan fingerprint density at radius 2 is 1.37 bits per heavy atom. The predicted octanol–water partition coefficient (Wildman–Crippen LogP) is 6.32. The van der Waals surface area contributed by atoms with E-state index in [1.807, 2.05) is 66.7 Å². The molecule has 0 aromatic heterocycles. The largest absolute Gasteiger partial charge is 0.325 e. The first-order valence-electron chi connectivity index (χ1n) is 10.7. The maximum absolute atomic E-state index is 13.2. The summed E-state index contributed by atoms with van der Waals surface area (Å²) in [6.07, 6.45) is 0. The highest BCUT2D eigenvalue weighted by atomic mass is 32.2. The summed E-state index contributed by atoms with van der Waals surface area (Å²) in [4.78, 5) is 36.9. The molecule has 0 heterocycles. The Morgan fingerprint density at radius 3 is 2.03 bits per heavy atom. The van der Waals surface area contributed by atoms with Gasteiger partial charge in [0.15, 0.2) is 0 Å². The number of hydrogen-bond acceptors (Lipinski definition) is 5. The van der Waals surface area contributed by atoms with Gasteiger partial charge in [0.2, 0.25) is 5.91 Å². The van der Waals surface area contributed by atoms with Gasteiger partial charge in [-0.25, -0.2) is 0 Å². The van der Waals surface area contributed by atoms with Crippen molar-refractivity contribution in [1.82, 2.24) is 0 Å². The van der Waals surface area contributed by atoms with Gasteiger partial charge < -0.3 is 10.6 Å². The second kappa shape index (κ2) is 11.1. The first-order chi connectivity index (χ1) is 17.0. The molecule has 0 aliphatic carbocycles. The lowest BCUT2D eigenvalue weighted by atomic mass is 10.1. The quantitative estimate of drug-likeness (QED) is 0.173. The molecule has 0 radical (unpaired) electrons. The first-order valence-corrected chi connectivity index (χ1v) is 11.6. The third kappa shape index (κ3) is 6.33. The standard InChI is InChI=1S/C27H21N3O4S/c31-26(20-14-16-23(17-15-20)30(33)34)29-22-12-7-13-24(18-22)35-25(19-8-3-1-4-9-19)27(32)28-21-10-5-2-6-11-21/h1-18,25H,(H,28,32)(H,29,31). The molecule has 1 unspecified atom stereocenters. The zero-order valence-electron chi connectivity index (χ0n) is 18.5. The molecule has 0 fully saturated rings. The van der Waals surface area contributed by atoms with E-state index in [1.54, 1.807) is 18.2 Å². The van der Waals surface area contributed by atoms with E-state index < -0.39 is 10.2 Å². The van der Waals surface area contributed by atoms with Crippen molar-refractivity contribution >= 4 is 40.6 Å². The van der Waals surface area contributed by atoms with Gasteiger partial charge in [-0.1, -0.05) is 54.6 Å². The maximum Gasteiger partial charge on any atom is 0.269 e. The van der Waals surface area contributed by atoms with Crippen LogP contribution in [0, 0.1) is 10.1 Å². The number of amides is 2. The third-order valence-corrected chi connectivity index (χ3v) is 6.32. The van der Waals surface area contributed by atoms with Gasteiger partial charge in [-0.3, -0.25) is 19.7 Å². The summed E-state index contributed by atoms with van der Waals surface area (Å²) in [5.74, 6) is -0.545. The number of hydrogen-bond donors (Lipinski definition) is 2. The van der Waals surface area contributed by atoms with Crippen LogP contribution < -0.4 is 10.6 Å². The molecule has 0 aliphatic rings. The second-order valence-electron chi connectivity index (χ2n) is 7.55. The molecule has 2 N–H and O–H groups in total. The SMILES string of the molecule is O=C(Nc1cccc(SC(C(=O)Nc2ccccc2)c2ccccc2)c1)c1ccc([N+](=O)[O-])cc1. The van der Waals surface area contributed by atoms with Crippen molar-refractivity contribution in [3.8, 4) is 0 Å². The molecule has 0 bridgehead atoms. The van der Waals surface area contributed by atoms with Crippen molar-refractivity contribution in [2.45, 2.75) is 10.1 Å². The summed E-state index contributed by atoms with van der Waals surface area (Å²) >= 11 is 1.37. The molecular formula is C27H21N3O4S. The van der Waals surface area contributed by atoms with Crippen LogP contribution in [0.5, 0.6) is 0 Å². The van der Waals surface area contributed by atoms with Crippen molar-refractivity contribution in [1.29, 1.82) is 0 Å². The molecule has 4 aromatic carbocycles. The van der Waals surface area contributed by atoms with E-state index in [-0.39, 0.29) is 17.5 Å². The molecule has 4 aromatic rings. The Labute approximate surface area is 206 Å². The molecule has 1 atom stereocenters. The Bertz CT molecular complexity index is 1330. The second-order valence-corrected chi connectivity index (χ2v) is 8.73. The summed E-state index contributed by atoms with van der Waals surface area (Å²) in [6.45, 7) is 0. The van der Waals surface area contributed by atoms with Gasteiger partial charge in [0.25, 0.3) is 11.6 Å². The summed E-state index contributed by atoms with van der Waals surface area (Å²) in [7, 11) is 0. The first kappa shape index (κ1) is 23.7. The average Bonchev–Trinajstić information content (AvgIpc) is 2.88. The minimum atomic E-state index is -0.517. The third-order valence-electron chi connectivity index (χ3n) is 5.07. The number of anilines is 2. The van der Waals surface area contributed by atoms with Crippen LogP contribution >= 0.6 is 11.8 Å². The van der Waals surface area contributed by atoms with E-state index in [0.29, 0.717) is 16.9 Å². The van der Waals surface area contributed by atoms with Crippen molar-refractivity contribution in [2.75, 3.05) is 10.6 Å². The smallest absolute Gasteiger partial charge is 0.269 e. The van der Waals surface area contributed by atoms with Crippen molar-refractivity contribution < 1.29 is 14.5 Å². The van der Waals surface area contributed by atoms with Crippen LogP contribution in [0.2, 0.25) is 0 Å². The van der Waals surface area contributed by atoms with Gasteiger partial charge in [-0.15, -0.1) is 11.8 Å². The Morgan fingerprint density at radius 1 is 0.743 bits per heavy atom. The fourth-order valence-corrected chi connectivity index (χ4v) is 4.43. The van der Waals surface area contributed by atoms with E-state index in [0.717, 1.165) is 10.5 Å². The highest BCUT2D eigenvalue weighted by Gasteiger charge is 2.22. The number of nitro groups is 1. The van der Waals surface area contributed by atoms with Gasteiger partial charge in [0.1, 0.15) is 5.25 Å². The van der Waals surface area contributed by atoms with Gasteiger partial charge in [-0.2, -0.15) is 0 Å². The lowest BCUT2D eigenvalue weighted by Gasteiger charge is -2.17. The van der Waals surface area contributed by atoms with Crippen molar-refractivity contribution in [3.63, 3.8) is 0 Å². The van der Waals surface area contributed by atoms with Gasteiger partial charge in [0.05, 0.1) is 4.92 Å². The molecule has 0 spiro atoms. The number of rotatable bonds is 8. The van der Waals surface area contributed by atoms with Crippen molar-refractivity contribution in [3.05, 3.63) is 130 Å². The van der Waals surface area contributed by atoms with Crippen LogP contribution in [0.15, 0.2) is 114 Å². The van der Waals surface area contributed by atoms with Crippen LogP contribution in [0.4, 0.5) is 17.1 Å². The van der Waals surface area contributed by atoms with Gasteiger partial charge in [-0.05, 0) is 48.0 Å². The van der Waals surface area contributed by atoms with E-state index in [4.69, 9.17) is 0 Å². The number of nitrogens with one attached hydrogen (secondary N) is 2. The molecule has 4 rings (SSSR count). The summed E-state index contributed by atoms with van der Waals surface area (Å²) in [5, 5.41) is 16.1. The topological polar surface area (TPSA) is 101 Å². The molecule has 2 amide bonds. The van der Waals surface area contributed by atoms with Gasteiger partial charge >= 0.3 is 0 Å². The highest BCUT2D eigenvalue weighted by Crippen LogP contribution is 2.37. The van der Waals surface area contributed by atoms with Crippen molar-refractivity contribution in [2.24, 2.45) is 0 Å². The minimum absolute atomic E-state index is 0.0827. The molecule has 0 saturated carbocycles.